The number of H-pyrrole nitrogens is 1. The Balaban J connectivity index is 2.03. The molecule has 2 aromatic carbocycles. The van der Waals surface area contributed by atoms with Crippen LogP contribution in [0.1, 0.15) is 25.3 Å². The minimum absolute atomic E-state index is 0.170. The summed E-state index contributed by atoms with van der Waals surface area (Å²) in [6.45, 7) is 2.34. The molecule has 0 spiro atoms. The SMILES string of the molecule is CC1(CCCO)Nc2ccc(Cl)cc2-c2[nH]c3ccc(Cl)cc3c21. The first-order valence-electron chi connectivity index (χ1n) is 8.02. The number of rotatable bonds is 3. The average molecular weight is 361 g/mol. The predicted molar refractivity (Wildman–Crippen MR) is 101 cm³/mol. The molecule has 2 heterocycles. The number of aliphatic hydroxyl groups excluding tert-OH is 1. The van der Waals surface area contributed by atoms with E-state index in [2.05, 4.69) is 17.2 Å². The van der Waals surface area contributed by atoms with Crippen LogP contribution in [0, 0.1) is 0 Å². The van der Waals surface area contributed by atoms with Gasteiger partial charge < -0.3 is 15.4 Å². The van der Waals surface area contributed by atoms with Gasteiger partial charge in [-0.2, -0.15) is 0 Å². The number of nitrogens with one attached hydrogen (secondary N) is 2. The van der Waals surface area contributed by atoms with Gasteiger partial charge in [-0.1, -0.05) is 23.2 Å². The second-order valence-corrected chi connectivity index (χ2v) is 7.41. The summed E-state index contributed by atoms with van der Waals surface area (Å²) in [6, 6.07) is 11.8. The van der Waals surface area contributed by atoms with E-state index < -0.39 is 0 Å². The number of benzene rings is 2. The van der Waals surface area contributed by atoms with Gasteiger partial charge in [-0.15, -0.1) is 0 Å². The van der Waals surface area contributed by atoms with E-state index in [9.17, 15) is 5.11 Å². The third-order valence-corrected chi connectivity index (χ3v) is 5.28. The smallest absolute Gasteiger partial charge is 0.0625 e. The van der Waals surface area contributed by atoms with E-state index in [0.717, 1.165) is 40.7 Å². The first-order chi connectivity index (χ1) is 11.5. The number of aromatic nitrogens is 1. The maximum absolute atomic E-state index is 9.32. The number of hydrogen-bond donors (Lipinski definition) is 3. The maximum atomic E-state index is 9.32. The summed E-state index contributed by atoms with van der Waals surface area (Å²) in [5, 5.41) is 15.5. The van der Waals surface area contributed by atoms with Gasteiger partial charge in [0.15, 0.2) is 0 Å². The van der Waals surface area contributed by atoms with Gasteiger partial charge >= 0.3 is 0 Å². The molecule has 3 N–H and O–H groups in total. The number of fused-ring (bicyclic) bond motifs is 5. The van der Waals surface area contributed by atoms with Gasteiger partial charge in [0, 0.05) is 44.4 Å². The van der Waals surface area contributed by atoms with E-state index in [1.54, 1.807) is 0 Å². The first kappa shape index (κ1) is 15.8. The lowest BCUT2D eigenvalue weighted by molar-refractivity contribution is 0.270. The first-order valence-corrected chi connectivity index (χ1v) is 8.78. The van der Waals surface area contributed by atoms with E-state index in [4.69, 9.17) is 23.2 Å². The van der Waals surface area contributed by atoms with Gasteiger partial charge in [0.1, 0.15) is 0 Å². The zero-order valence-corrected chi connectivity index (χ0v) is 14.8. The summed E-state index contributed by atoms with van der Waals surface area (Å²) in [4.78, 5) is 3.54. The van der Waals surface area contributed by atoms with Gasteiger partial charge in [0.05, 0.1) is 11.2 Å². The molecule has 1 aliphatic rings. The van der Waals surface area contributed by atoms with Crippen molar-refractivity contribution in [3.8, 4) is 11.3 Å². The Morgan fingerprint density at radius 1 is 1.08 bits per heavy atom. The molecule has 3 nitrogen and oxygen atoms in total. The van der Waals surface area contributed by atoms with E-state index >= 15 is 0 Å². The summed E-state index contributed by atoms with van der Waals surface area (Å²) in [5.74, 6) is 0. The van der Waals surface area contributed by atoms with E-state index in [-0.39, 0.29) is 12.1 Å². The number of aliphatic hydroxyl groups is 1. The van der Waals surface area contributed by atoms with Crippen molar-refractivity contribution in [2.45, 2.75) is 25.3 Å². The minimum Gasteiger partial charge on any atom is -0.396 e. The quantitative estimate of drug-likeness (QED) is 0.572. The van der Waals surface area contributed by atoms with Crippen LogP contribution in [0.15, 0.2) is 36.4 Å². The Bertz CT molecular complexity index is 935. The Kier molecular flexibility index (Phi) is 3.75. The Labute approximate surface area is 150 Å². The average Bonchev–Trinajstić information content (AvgIpc) is 2.94. The zero-order valence-electron chi connectivity index (χ0n) is 13.3. The fourth-order valence-corrected chi connectivity index (χ4v) is 4.10. The standard InChI is InChI=1S/C19H18Cl2N2O/c1-19(7-2-8-24)17-13-9-11(20)3-5-15(13)22-18(17)14-10-12(21)4-6-16(14)23-19/h3-6,9-10,22-24H,2,7-8H2,1H3. The van der Waals surface area contributed by atoms with Crippen LogP contribution in [0.4, 0.5) is 5.69 Å². The van der Waals surface area contributed by atoms with Crippen LogP contribution >= 0.6 is 23.2 Å². The normalized spacial score (nSPS) is 19.0. The molecule has 0 radical (unpaired) electrons. The van der Waals surface area contributed by atoms with Crippen LogP contribution in [0.25, 0.3) is 22.2 Å². The molecule has 0 amide bonds. The van der Waals surface area contributed by atoms with Crippen LogP contribution in [0.5, 0.6) is 0 Å². The fourth-order valence-electron chi connectivity index (χ4n) is 3.75. The van der Waals surface area contributed by atoms with Crippen molar-refractivity contribution in [1.82, 2.24) is 4.98 Å². The lowest BCUT2D eigenvalue weighted by Crippen LogP contribution is -2.35. The number of halogens is 2. The van der Waals surface area contributed by atoms with Gasteiger partial charge in [-0.25, -0.2) is 0 Å². The van der Waals surface area contributed by atoms with E-state index in [1.165, 1.54) is 5.56 Å². The van der Waals surface area contributed by atoms with Crippen LogP contribution in [0.2, 0.25) is 10.0 Å². The van der Waals surface area contributed by atoms with Gasteiger partial charge in [-0.05, 0) is 56.2 Å². The van der Waals surface area contributed by atoms with Crippen molar-refractivity contribution in [2.75, 3.05) is 11.9 Å². The highest BCUT2D eigenvalue weighted by Crippen LogP contribution is 2.49. The summed E-state index contributed by atoms with van der Waals surface area (Å²) in [7, 11) is 0. The maximum Gasteiger partial charge on any atom is 0.0625 e. The topological polar surface area (TPSA) is 48.0 Å². The molecule has 1 atom stereocenters. The van der Waals surface area contributed by atoms with Crippen LogP contribution < -0.4 is 5.32 Å². The molecule has 124 valence electrons. The molecule has 0 saturated heterocycles. The van der Waals surface area contributed by atoms with E-state index in [1.807, 2.05) is 36.4 Å². The number of hydrogen-bond acceptors (Lipinski definition) is 2. The van der Waals surface area contributed by atoms with Crippen molar-refractivity contribution in [3.63, 3.8) is 0 Å². The second-order valence-electron chi connectivity index (χ2n) is 6.54. The molecule has 24 heavy (non-hydrogen) atoms. The van der Waals surface area contributed by atoms with Gasteiger partial charge in [0.25, 0.3) is 0 Å². The molecule has 1 aromatic heterocycles. The van der Waals surface area contributed by atoms with Gasteiger partial charge in [-0.3, -0.25) is 0 Å². The molecule has 0 bridgehead atoms. The van der Waals surface area contributed by atoms with Crippen molar-refractivity contribution in [2.24, 2.45) is 0 Å². The second kappa shape index (κ2) is 5.69. The summed E-state index contributed by atoms with van der Waals surface area (Å²) in [5.41, 5.74) is 5.12. The molecule has 3 aromatic rings. The van der Waals surface area contributed by atoms with Crippen molar-refractivity contribution in [3.05, 3.63) is 52.0 Å². The van der Waals surface area contributed by atoms with Gasteiger partial charge in [0.2, 0.25) is 0 Å². The Morgan fingerprint density at radius 2 is 1.83 bits per heavy atom. The number of aromatic amines is 1. The highest BCUT2D eigenvalue weighted by molar-refractivity contribution is 6.31. The molecular formula is C19H18Cl2N2O. The Hall–Kier alpha value is -1.68. The van der Waals surface area contributed by atoms with Crippen molar-refractivity contribution < 1.29 is 5.11 Å². The van der Waals surface area contributed by atoms with E-state index in [0.29, 0.717) is 10.0 Å². The molecule has 4 rings (SSSR count). The molecule has 0 fully saturated rings. The predicted octanol–water partition coefficient (Wildman–Crippen LogP) is 5.55. The largest absolute Gasteiger partial charge is 0.396 e. The summed E-state index contributed by atoms with van der Waals surface area (Å²) < 4.78 is 0. The Morgan fingerprint density at radius 3 is 2.62 bits per heavy atom. The molecule has 0 saturated carbocycles. The number of anilines is 1. The molecular weight excluding hydrogens is 343 g/mol. The highest BCUT2D eigenvalue weighted by atomic mass is 35.5. The highest BCUT2D eigenvalue weighted by Gasteiger charge is 2.37. The molecule has 1 aliphatic heterocycles. The van der Waals surface area contributed by atoms with Crippen LogP contribution in [-0.4, -0.2) is 16.7 Å². The van der Waals surface area contributed by atoms with Crippen LogP contribution in [-0.2, 0) is 5.54 Å². The lowest BCUT2D eigenvalue weighted by atomic mass is 9.80. The molecule has 5 heteroatoms. The fraction of sp³-hybridized carbons (Fsp3) is 0.263. The molecule has 0 aliphatic carbocycles. The zero-order chi connectivity index (χ0) is 16.9. The third kappa shape index (κ3) is 2.39. The minimum atomic E-state index is -0.290. The third-order valence-electron chi connectivity index (χ3n) is 4.81. The monoisotopic (exact) mass is 360 g/mol. The summed E-state index contributed by atoms with van der Waals surface area (Å²) in [6.07, 6.45) is 1.54. The lowest BCUT2D eigenvalue weighted by Gasteiger charge is -2.38. The summed E-state index contributed by atoms with van der Waals surface area (Å²) >= 11 is 12.5. The van der Waals surface area contributed by atoms with Crippen LogP contribution in [0.3, 0.4) is 0 Å². The van der Waals surface area contributed by atoms with Crippen molar-refractivity contribution in [1.29, 1.82) is 0 Å². The van der Waals surface area contributed by atoms with Crippen molar-refractivity contribution >= 4 is 39.8 Å². The molecule has 1 unspecified atom stereocenters.